The van der Waals surface area contributed by atoms with Crippen molar-refractivity contribution in [2.45, 2.75) is 13.1 Å². The zero-order chi connectivity index (χ0) is 15.7. The fourth-order valence-electron chi connectivity index (χ4n) is 2.00. The van der Waals surface area contributed by atoms with Crippen molar-refractivity contribution in [3.63, 3.8) is 0 Å². The number of aliphatic carboxylic acids is 2. The number of hydrogen-bond donors (Lipinski definition) is 2. The van der Waals surface area contributed by atoms with Crippen LogP contribution in [-0.2, 0) is 22.7 Å². The molecule has 0 saturated heterocycles. The van der Waals surface area contributed by atoms with Crippen LogP contribution in [0.3, 0.4) is 0 Å². The topological polar surface area (TPSA) is 145 Å². The number of nitro benzene ring substituents is 1. The lowest BCUT2D eigenvalue weighted by Crippen LogP contribution is -2.28. The lowest BCUT2D eigenvalue weighted by molar-refractivity contribution is -0.384. The molecule has 0 bridgehead atoms. The number of aromatic nitrogens is 2. The van der Waals surface area contributed by atoms with Crippen LogP contribution in [0.2, 0.25) is 0 Å². The van der Waals surface area contributed by atoms with Gasteiger partial charge in [0.2, 0.25) is 0 Å². The summed E-state index contributed by atoms with van der Waals surface area (Å²) in [5, 5.41) is 28.3. The number of carbonyl (C=O) groups is 2. The van der Waals surface area contributed by atoms with E-state index in [1.807, 2.05) is 0 Å². The number of nitrogens with zero attached hydrogens (tertiary/aromatic N) is 3. The summed E-state index contributed by atoms with van der Waals surface area (Å²) in [6.07, 6.45) is 0. The standard InChI is InChI=1S/C11H9N3O7/c15-9(16)4-12-7-2-1-6(14(20)21)3-8(7)13(11(12)19)5-10(17)18/h1-3H,4-5H2,(H,15,16)(H,17,18). The number of rotatable bonds is 5. The lowest BCUT2D eigenvalue weighted by atomic mass is 10.2. The molecule has 1 heterocycles. The summed E-state index contributed by atoms with van der Waals surface area (Å²) in [5.41, 5.74) is -1.06. The highest BCUT2D eigenvalue weighted by Gasteiger charge is 2.19. The first kappa shape index (κ1) is 14.2. The minimum Gasteiger partial charge on any atom is -0.480 e. The first-order valence-electron chi connectivity index (χ1n) is 5.62. The minimum absolute atomic E-state index is 0.00199. The Hall–Kier alpha value is -3.17. The Balaban J connectivity index is 2.78. The Labute approximate surface area is 115 Å². The maximum absolute atomic E-state index is 12.1. The average Bonchev–Trinajstić information content (AvgIpc) is 2.63. The Morgan fingerprint density at radius 1 is 1.10 bits per heavy atom. The van der Waals surface area contributed by atoms with Gasteiger partial charge in [-0.05, 0) is 6.07 Å². The smallest absolute Gasteiger partial charge is 0.330 e. The van der Waals surface area contributed by atoms with E-state index in [1.165, 1.54) is 6.07 Å². The molecule has 2 N–H and O–H groups in total. The molecule has 0 aliphatic heterocycles. The van der Waals surface area contributed by atoms with Gasteiger partial charge in [-0.3, -0.25) is 28.8 Å². The summed E-state index contributed by atoms with van der Waals surface area (Å²) in [6.45, 7) is -1.39. The molecular formula is C11H9N3O7. The second-order valence-corrected chi connectivity index (χ2v) is 4.17. The van der Waals surface area contributed by atoms with Gasteiger partial charge < -0.3 is 10.2 Å². The van der Waals surface area contributed by atoms with Gasteiger partial charge in [-0.1, -0.05) is 0 Å². The molecule has 2 rings (SSSR count). The van der Waals surface area contributed by atoms with Crippen molar-refractivity contribution in [1.82, 2.24) is 9.13 Å². The summed E-state index contributed by atoms with van der Waals surface area (Å²) in [5.74, 6) is -2.61. The molecule has 0 saturated carbocycles. The SMILES string of the molecule is O=C(O)Cn1c(=O)n(CC(=O)O)c2cc([N+](=O)[O-])ccc21. The van der Waals surface area contributed by atoms with Gasteiger partial charge in [-0.25, -0.2) is 4.79 Å². The maximum atomic E-state index is 12.1. The van der Waals surface area contributed by atoms with Crippen LogP contribution < -0.4 is 5.69 Å². The van der Waals surface area contributed by atoms with E-state index in [-0.39, 0.29) is 16.7 Å². The number of non-ortho nitro benzene ring substituents is 1. The van der Waals surface area contributed by atoms with Crippen LogP contribution in [0.25, 0.3) is 11.0 Å². The molecular weight excluding hydrogens is 286 g/mol. The fourth-order valence-corrected chi connectivity index (χ4v) is 2.00. The fraction of sp³-hybridized carbons (Fsp3) is 0.182. The number of hydrogen-bond acceptors (Lipinski definition) is 5. The van der Waals surface area contributed by atoms with E-state index in [0.717, 1.165) is 21.3 Å². The van der Waals surface area contributed by atoms with Crippen molar-refractivity contribution in [1.29, 1.82) is 0 Å². The third kappa shape index (κ3) is 2.59. The molecule has 0 aliphatic carbocycles. The van der Waals surface area contributed by atoms with Gasteiger partial charge >= 0.3 is 17.6 Å². The highest BCUT2D eigenvalue weighted by atomic mass is 16.6. The molecule has 0 spiro atoms. The van der Waals surface area contributed by atoms with Crippen molar-refractivity contribution >= 4 is 28.7 Å². The second-order valence-electron chi connectivity index (χ2n) is 4.17. The molecule has 110 valence electrons. The molecule has 0 aliphatic rings. The van der Waals surface area contributed by atoms with Crippen LogP contribution in [0.5, 0.6) is 0 Å². The molecule has 1 aromatic carbocycles. The second kappa shape index (κ2) is 5.07. The molecule has 0 atom stereocenters. The van der Waals surface area contributed by atoms with E-state index in [4.69, 9.17) is 10.2 Å². The number of imidazole rings is 1. The first-order valence-corrected chi connectivity index (χ1v) is 5.62. The highest BCUT2D eigenvalue weighted by Crippen LogP contribution is 2.20. The van der Waals surface area contributed by atoms with Crippen LogP contribution in [0.4, 0.5) is 5.69 Å². The highest BCUT2D eigenvalue weighted by molar-refractivity contribution is 5.82. The molecule has 10 nitrogen and oxygen atoms in total. The van der Waals surface area contributed by atoms with Crippen LogP contribution in [-0.4, -0.2) is 36.2 Å². The van der Waals surface area contributed by atoms with Gasteiger partial charge in [-0.15, -0.1) is 0 Å². The third-order valence-corrected chi connectivity index (χ3v) is 2.80. The Morgan fingerprint density at radius 2 is 1.62 bits per heavy atom. The number of nitro groups is 1. The number of carboxylic acid groups (broad SMARTS) is 2. The largest absolute Gasteiger partial charge is 0.480 e. The van der Waals surface area contributed by atoms with Crippen LogP contribution in [0.15, 0.2) is 23.0 Å². The predicted octanol–water partition coefficient (Wildman–Crippen LogP) is -0.120. The van der Waals surface area contributed by atoms with E-state index < -0.39 is 35.6 Å². The van der Waals surface area contributed by atoms with Gasteiger partial charge in [-0.2, -0.15) is 0 Å². The average molecular weight is 295 g/mol. The molecule has 0 radical (unpaired) electrons. The van der Waals surface area contributed by atoms with Crippen molar-refractivity contribution in [2.75, 3.05) is 0 Å². The van der Waals surface area contributed by atoms with Crippen LogP contribution in [0.1, 0.15) is 0 Å². The maximum Gasteiger partial charge on any atom is 0.330 e. The van der Waals surface area contributed by atoms with E-state index in [1.54, 1.807) is 0 Å². The third-order valence-electron chi connectivity index (χ3n) is 2.80. The van der Waals surface area contributed by atoms with E-state index in [2.05, 4.69) is 0 Å². The first-order chi connectivity index (χ1) is 9.81. The summed E-state index contributed by atoms with van der Waals surface area (Å²) in [7, 11) is 0. The molecule has 2 aromatic rings. The van der Waals surface area contributed by atoms with Gasteiger partial charge in [0.05, 0.1) is 16.0 Å². The van der Waals surface area contributed by atoms with Gasteiger partial charge in [0.15, 0.2) is 0 Å². The quantitative estimate of drug-likeness (QED) is 0.577. The van der Waals surface area contributed by atoms with Crippen molar-refractivity contribution in [2.24, 2.45) is 0 Å². The molecule has 0 amide bonds. The Kier molecular flexibility index (Phi) is 3.44. The van der Waals surface area contributed by atoms with E-state index >= 15 is 0 Å². The van der Waals surface area contributed by atoms with Crippen LogP contribution in [0, 0.1) is 10.1 Å². The summed E-state index contributed by atoms with van der Waals surface area (Å²) >= 11 is 0. The molecule has 1 aromatic heterocycles. The summed E-state index contributed by atoms with van der Waals surface area (Å²) in [6, 6.07) is 3.37. The number of carboxylic acids is 2. The zero-order valence-corrected chi connectivity index (χ0v) is 10.4. The minimum atomic E-state index is -1.32. The summed E-state index contributed by atoms with van der Waals surface area (Å²) in [4.78, 5) is 43.7. The zero-order valence-electron chi connectivity index (χ0n) is 10.4. The molecule has 10 heteroatoms. The number of fused-ring (bicyclic) bond motifs is 1. The van der Waals surface area contributed by atoms with Crippen molar-refractivity contribution in [3.05, 3.63) is 38.8 Å². The van der Waals surface area contributed by atoms with Crippen LogP contribution >= 0.6 is 0 Å². The number of benzene rings is 1. The molecule has 21 heavy (non-hydrogen) atoms. The van der Waals surface area contributed by atoms with Gasteiger partial charge in [0, 0.05) is 12.1 Å². The van der Waals surface area contributed by atoms with Gasteiger partial charge in [0.1, 0.15) is 13.1 Å². The monoisotopic (exact) mass is 295 g/mol. The molecule has 0 unspecified atom stereocenters. The predicted molar refractivity (Wildman–Crippen MR) is 68.1 cm³/mol. The van der Waals surface area contributed by atoms with Crippen molar-refractivity contribution < 1.29 is 24.7 Å². The van der Waals surface area contributed by atoms with Crippen molar-refractivity contribution in [3.8, 4) is 0 Å². The lowest BCUT2D eigenvalue weighted by Gasteiger charge is -1.98. The van der Waals surface area contributed by atoms with Gasteiger partial charge in [0.25, 0.3) is 5.69 Å². The van der Waals surface area contributed by atoms with E-state index in [9.17, 15) is 24.5 Å². The van der Waals surface area contributed by atoms with E-state index in [0.29, 0.717) is 0 Å². The summed E-state index contributed by atoms with van der Waals surface area (Å²) < 4.78 is 1.64. The normalized spacial score (nSPS) is 10.7. The Bertz CT molecular complexity index is 817. The molecule has 0 fully saturated rings. The Morgan fingerprint density at radius 3 is 2.10 bits per heavy atom.